The molecule has 4 N–H and O–H groups in total. The zero-order valence-corrected chi connectivity index (χ0v) is 13.4. The topological polar surface area (TPSA) is 108 Å². The molecule has 2 atom stereocenters. The molecule has 7 nitrogen and oxygen atoms in total. The van der Waals surface area contributed by atoms with E-state index in [0.29, 0.717) is 6.42 Å². The maximum absolute atomic E-state index is 11.6. The van der Waals surface area contributed by atoms with Crippen LogP contribution in [0.5, 0.6) is 0 Å². The third-order valence-electron chi connectivity index (χ3n) is 2.92. The van der Waals surface area contributed by atoms with Gasteiger partial charge in [-0.05, 0) is 26.7 Å². The van der Waals surface area contributed by atoms with Crippen LogP contribution in [-0.2, 0) is 9.59 Å². The molecule has 0 spiro atoms. The quantitative estimate of drug-likeness (QED) is 0.564. The average molecular weight is 301 g/mol. The number of urea groups is 1. The van der Waals surface area contributed by atoms with Gasteiger partial charge in [-0.1, -0.05) is 20.3 Å². The SMILES string of the molecule is CCC(C)[C@H](NC(=O)NCCC(=O)NC(C)(C)C)C(=O)O. The summed E-state index contributed by atoms with van der Waals surface area (Å²) in [6, 6.07) is -1.51. The van der Waals surface area contributed by atoms with Crippen molar-refractivity contribution in [3.63, 3.8) is 0 Å². The Morgan fingerprint density at radius 1 is 1.19 bits per heavy atom. The Morgan fingerprint density at radius 3 is 2.19 bits per heavy atom. The molecule has 0 radical (unpaired) electrons. The fourth-order valence-corrected chi connectivity index (χ4v) is 1.65. The summed E-state index contributed by atoms with van der Waals surface area (Å²) in [5.41, 5.74) is -0.315. The van der Waals surface area contributed by atoms with E-state index in [4.69, 9.17) is 5.11 Å². The molecule has 0 rings (SSSR count). The number of amides is 3. The minimum atomic E-state index is -1.06. The molecule has 0 bridgehead atoms. The molecule has 0 fully saturated rings. The summed E-state index contributed by atoms with van der Waals surface area (Å²) < 4.78 is 0. The zero-order chi connectivity index (χ0) is 16.6. The van der Waals surface area contributed by atoms with E-state index in [9.17, 15) is 14.4 Å². The van der Waals surface area contributed by atoms with Gasteiger partial charge in [-0.25, -0.2) is 9.59 Å². The summed E-state index contributed by atoms with van der Waals surface area (Å²) in [6.07, 6.45) is 0.789. The van der Waals surface area contributed by atoms with Crippen molar-refractivity contribution >= 4 is 17.9 Å². The molecular formula is C14H27N3O4. The van der Waals surface area contributed by atoms with Crippen LogP contribution in [0.1, 0.15) is 47.5 Å². The normalized spacial score (nSPS) is 14.0. The van der Waals surface area contributed by atoms with Crippen LogP contribution in [0.15, 0.2) is 0 Å². The number of carboxylic acid groups (broad SMARTS) is 1. The van der Waals surface area contributed by atoms with E-state index in [1.165, 1.54) is 0 Å². The number of carbonyl (C=O) groups is 3. The lowest BCUT2D eigenvalue weighted by Crippen LogP contribution is -2.49. The first-order valence-electron chi connectivity index (χ1n) is 7.15. The van der Waals surface area contributed by atoms with Crippen molar-refractivity contribution in [1.29, 1.82) is 0 Å². The molecule has 0 aliphatic heterocycles. The van der Waals surface area contributed by atoms with Crippen LogP contribution in [-0.4, -0.2) is 41.1 Å². The lowest BCUT2D eigenvalue weighted by Gasteiger charge is -2.21. The van der Waals surface area contributed by atoms with Gasteiger partial charge < -0.3 is 21.1 Å². The van der Waals surface area contributed by atoms with Crippen molar-refractivity contribution in [2.24, 2.45) is 5.92 Å². The number of nitrogens with one attached hydrogen (secondary N) is 3. The first kappa shape index (κ1) is 19.2. The summed E-state index contributed by atoms with van der Waals surface area (Å²) in [6.45, 7) is 9.38. The van der Waals surface area contributed by atoms with Gasteiger partial charge >= 0.3 is 12.0 Å². The summed E-state index contributed by atoms with van der Waals surface area (Å²) in [5, 5.41) is 16.7. The number of rotatable bonds is 7. The molecule has 7 heteroatoms. The van der Waals surface area contributed by atoms with Gasteiger partial charge in [0.1, 0.15) is 6.04 Å². The third kappa shape index (κ3) is 8.88. The lowest BCUT2D eigenvalue weighted by atomic mass is 9.99. The molecule has 0 aromatic heterocycles. The first-order valence-corrected chi connectivity index (χ1v) is 7.15. The summed E-state index contributed by atoms with van der Waals surface area (Å²) >= 11 is 0. The van der Waals surface area contributed by atoms with Gasteiger partial charge in [0.25, 0.3) is 0 Å². The van der Waals surface area contributed by atoms with Crippen molar-refractivity contribution in [2.75, 3.05) is 6.54 Å². The average Bonchev–Trinajstić information content (AvgIpc) is 2.32. The van der Waals surface area contributed by atoms with Crippen molar-refractivity contribution < 1.29 is 19.5 Å². The van der Waals surface area contributed by atoms with Crippen LogP contribution in [0.3, 0.4) is 0 Å². The summed E-state index contributed by atoms with van der Waals surface area (Å²) in [7, 11) is 0. The van der Waals surface area contributed by atoms with Crippen molar-refractivity contribution in [3.05, 3.63) is 0 Å². The fourth-order valence-electron chi connectivity index (χ4n) is 1.65. The molecule has 0 heterocycles. The van der Waals surface area contributed by atoms with Gasteiger partial charge in [0, 0.05) is 18.5 Å². The van der Waals surface area contributed by atoms with Gasteiger partial charge in [-0.3, -0.25) is 4.79 Å². The second kappa shape index (κ2) is 8.49. The Bertz CT molecular complexity index is 377. The molecule has 122 valence electrons. The summed E-state index contributed by atoms with van der Waals surface area (Å²) in [5.74, 6) is -1.40. The monoisotopic (exact) mass is 301 g/mol. The smallest absolute Gasteiger partial charge is 0.326 e. The standard InChI is InChI=1S/C14H27N3O4/c1-6-9(2)11(12(19)20)16-13(21)15-8-7-10(18)17-14(3,4)5/h9,11H,6-8H2,1-5H3,(H,17,18)(H,19,20)(H2,15,16,21)/t9?,11-/m0/s1. The molecule has 0 aromatic carbocycles. The number of carboxylic acids is 1. The van der Waals surface area contributed by atoms with E-state index < -0.39 is 18.0 Å². The van der Waals surface area contributed by atoms with Crippen LogP contribution in [0.4, 0.5) is 4.79 Å². The van der Waals surface area contributed by atoms with Gasteiger partial charge in [0.15, 0.2) is 0 Å². The van der Waals surface area contributed by atoms with Crippen LogP contribution >= 0.6 is 0 Å². The highest BCUT2D eigenvalue weighted by molar-refractivity contribution is 5.83. The minimum Gasteiger partial charge on any atom is -0.480 e. The molecule has 0 aliphatic carbocycles. The highest BCUT2D eigenvalue weighted by Gasteiger charge is 2.25. The number of carbonyl (C=O) groups excluding carboxylic acids is 2. The van der Waals surface area contributed by atoms with Crippen LogP contribution < -0.4 is 16.0 Å². The van der Waals surface area contributed by atoms with E-state index in [-0.39, 0.29) is 30.3 Å². The van der Waals surface area contributed by atoms with Gasteiger partial charge in [-0.2, -0.15) is 0 Å². The lowest BCUT2D eigenvalue weighted by molar-refractivity contribution is -0.140. The molecule has 21 heavy (non-hydrogen) atoms. The van der Waals surface area contributed by atoms with E-state index >= 15 is 0 Å². The minimum absolute atomic E-state index is 0.145. The molecule has 0 aromatic rings. The first-order chi connectivity index (χ1) is 9.56. The predicted molar refractivity (Wildman–Crippen MR) is 79.9 cm³/mol. The zero-order valence-electron chi connectivity index (χ0n) is 13.4. The fraction of sp³-hybridized carbons (Fsp3) is 0.786. The van der Waals surface area contributed by atoms with Gasteiger partial charge in [0.2, 0.25) is 5.91 Å². The van der Waals surface area contributed by atoms with E-state index in [2.05, 4.69) is 16.0 Å². The van der Waals surface area contributed by atoms with Crippen molar-refractivity contribution in [2.45, 2.75) is 59.0 Å². The third-order valence-corrected chi connectivity index (χ3v) is 2.92. The Labute approximate surface area is 125 Å². The largest absolute Gasteiger partial charge is 0.480 e. The van der Waals surface area contributed by atoms with E-state index in [1.54, 1.807) is 6.92 Å². The molecule has 1 unspecified atom stereocenters. The van der Waals surface area contributed by atoms with E-state index in [0.717, 1.165) is 0 Å². The van der Waals surface area contributed by atoms with Crippen LogP contribution in [0.25, 0.3) is 0 Å². The molecule has 0 aliphatic rings. The highest BCUT2D eigenvalue weighted by Crippen LogP contribution is 2.07. The van der Waals surface area contributed by atoms with Crippen LogP contribution in [0.2, 0.25) is 0 Å². The summed E-state index contributed by atoms with van der Waals surface area (Å²) in [4.78, 5) is 34.2. The Hall–Kier alpha value is -1.79. The Balaban J connectivity index is 4.15. The van der Waals surface area contributed by atoms with E-state index in [1.807, 2.05) is 27.7 Å². The molecule has 0 saturated carbocycles. The second-order valence-electron chi connectivity index (χ2n) is 6.15. The molecule has 0 saturated heterocycles. The molecular weight excluding hydrogens is 274 g/mol. The number of aliphatic carboxylic acids is 1. The van der Waals surface area contributed by atoms with Crippen molar-refractivity contribution in [1.82, 2.24) is 16.0 Å². The number of hydrogen-bond acceptors (Lipinski definition) is 3. The van der Waals surface area contributed by atoms with Crippen LogP contribution in [0, 0.1) is 5.92 Å². The number of hydrogen-bond donors (Lipinski definition) is 4. The maximum atomic E-state index is 11.6. The predicted octanol–water partition coefficient (Wildman–Crippen LogP) is 1.09. The molecule has 3 amide bonds. The van der Waals surface area contributed by atoms with Gasteiger partial charge in [0.05, 0.1) is 0 Å². The van der Waals surface area contributed by atoms with Gasteiger partial charge in [-0.15, -0.1) is 0 Å². The Kier molecular flexibility index (Phi) is 7.76. The van der Waals surface area contributed by atoms with Crippen molar-refractivity contribution in [3.8, 4) is 0 Å². The maximum Gasteiger partial charge on any atom is 0.326 e. The Morgan fingerprint density at radius 2 is 1.76 bits per heavy atom. The second-order valence-corrected chi connectivity index (χ2v) is 6.15. The highest BCUT2D eigenvalue weighted by atomic mass is 16.4.